The number of fused-ring (bicyclic) bond motifs is 15. The Hall–Kier alpha value is -8.92. The van der Waals surface area contributed by atoms with Crippen LogP contribution in [0, 0.1) is 0 Å². The van der Waals surface area contributed by atoms with Crippen molar-refractivity contribution in [2.24, 2.45) is 0 Å². The van der Waals surface area contributed by atoms with Crippen molar-refractivity contribution in [2.45, 2.75) is 5.41 Å². The van der Waals surface area contributed by atoms with E-state index in [9.17, 15) is 0 Å². The normalized spacial score (nSPS) is 14.2. The Labute approximate surface area is 395 Å². The van der Waals surface area contributed by atoms with Crippen molar-refractivity contribution >= 4 is 66.7 Å². The topological polar surface area (TPSA) is 11.4 Å². The number of anilines is 6. The van der Waals surface area contributed by atoms with E-state index in [1.165, 1.54) is 82.8 Å². The fourth-order valence-corrected chi connectivity index (χ4v) is 11.9. The maximum absolute atomic E-state index is 2.48. The van der Waals surface area contributed by atoms with Gasteiger partial charge in [-0.2, -0.15) is 0 Å². The molecule has 2 aliphatic carbocycles. The van der Waals surface area contributed by atoms with Gasteiger partial charge in [-0.3, -0.25) is 0 Å². The van der Waals surface area contributed by atoms with E-state index in [2.05, 4.69) is 275 Å². The van der Waals surface area contributed by atoms with E-state index in [1.54, 1.807) is 0 Å². The van der Waals surface area contributed by atoms with Crippen LogP contribution in [0.25, 0.3) is 60.5 Å². The smallest absolute Gasteiger partial charge is 0.0746 e. The molecule has 0 amide bonds. The highest BCUT2D eigenvalue weighted by atomic mass is 15.2. The number of hydrogen-bond acceptors (Lipinski definition) is 2. The molecule has 3 nitrogen and oxygen atoms in total. The Morgan fingerprint density at radius 3 is 1.51 bits per heavy atom. The summed E-state index contributed by atoms with van der Waals surface area (Å²) in [4.78, 5) is 4.92. The molecule has 0 fully saturated rings. The molecule has 68 heavy (non-hydrogen) atoms. The summed E-state index contributed by atoms with van der Waals surface area (Å²) >= 11 is 0. The third-order valence-corrected chi connectivity index (χ3v) is 14.5. The summed E-state index contributed by atoms with van der Waals surface area (Å²) < 4.78 is 2.39. The van der Waals surface area contributed by atoms with Gasteiger partial charge in [0.05, 0.1) is 22.1 Å². The van der Waals surface area contributed by atoms with Crippen molar-refractivity contribution in [1.82, 2.24) is 4.57 Å². The van der Waals surface area contributed by atoms with Crippen molar-refractivity contribution < 1.29 is 0 Å². The van der Waals surface area contributed by atoms with Gasteiger partial charge in [-0.05, 0) is 141 Å². The highest BCUT2D eigenvalue weighted by Crippen LogP contribution is 2.67. The van der Waals surface area contributed by atoms with Crippen LogP contribution in [0.1, 0.15) is 22.3 Å². The molecule has 1 heterocycles. The first-order chi connectivity index (χ1) is 33.8. The van der Waals surface area contributed by atoms with Crippen LogP contribution in [0.3, 0.4) is 0 Å². The van der Waals surface area contributed by atoms with Crippen LogP contribution >= 0.6 is 0 Å². The van der Waals surface area contributed by atoms with E-state index in [4.69, 9.17) is 0 Å². The maximum Gasteiger partial charge on any atom is 0.0746 e. The lowest BCUT2D eigenvalue weighted by Gasteiger charge is -2.36. The van der Waals surface area contributed by atoms with Crippen LogP contribution in [-0.2, 0) is 5.41 Å². The number of aromatic nitrogens is 1. The van der Waals surface area contributed by atoms with E-state index < -0.39 is 5.41 Å². The number of rotatable bonds is 7. The zero-order chi connectivity index (χ0) is 44.8. The number of benzene rings is 11. The van der Waals surface area contributed by atoms with E-state index in [0.29, 0.717) is 0 Å². The molecule has 14 rings (SSSR count). The van der Waals surface area contributed by atoms with Gasteiger partial charge in [-0.25, -0.2) is 0 Å². The molecule has 318 valence electrons. The molecule has 1 spiro atoms. The lowest BCUT2D eigenvalue weighted by molar-refractivity contribution is 0.793. The molecule has 0 aliphatic heterocycles. The second-order valence-electron chi connectivity index (χ2n) is 18.0. The molecule has 1 atom stereocenters. The van der Waals surface area contributed by atoms with Crippen LogP contribution in [-0.4, -0.2) is 4.57 Å². The van der Waals surface area contributed by atoms with Gasteiger partial charge < -0.3 is 14.4 Å². The minimum absolute atomic E-state index is 0.618. The highest BCUT2D eigenvalue weighted by Gasteiger charge is 2.54. The summed E-state index contributed by atoms with van der Waals surface area (Å²) in [5.41, 5.74) is 19.9. The Balaban J connectivity index is 1.04. The Kier molecular flexibility index (Phi) is 8.50. The molecular formula is C65H43N3. The standard InChI is InChI=1S/C65H43N3/c1-5-22-45(23-6-1)66(50-38-40-61-56(43-50)53-32-17-20-36-60(53)68(61)48-28-11-4-12-29-48)49-37-39-59-55(42-49)52-31-15-18-34-57(52)65(59)58-35-19-16-33-54(58)63-51-30-14-13-21-44(51)41-62(64(63)65)67(46-24-7-2-8-25-46)47-26-9-3-10-27-47/h1-43H. The zero-order valence-electron chi connectivity index (χ0n) is 37.2. The number of para-hydroxylation sites is 5. The predicted octanol–water partition coefficient (Wildman–Crippen LogP) is 17.2. The van der Waals surface area contributed by atoms with Gasteiger partial charge in [-0.15, -0.1) is 0 Å². The van der Waals surface area contributed by atoms with Gasteiger partial charge in [0, 0.05) is 50.5 Å². The minimum Gasteiger partial charge on any atom is -0.310 e. The first-order valence-corrected chi connectivity index (χ1v) is 23.5. The van der Waals surface area contributed by atoms with Gasteiger partial charge >= 0.3 is 0 Å². The predicted molar refractivity (Wildman–Crippen MR) is 284 cm³/mol. The lowest BCUT2D eigenvalue weighted by atomic mass is 9.69. The first kappa shape index (κ1) is 38.4. The molecule has 11 aromatic carbocycles. The Bertz CT molecular complexity index is 3870. The van der Waals surface area contributed by atoms with Gasteiger partial charge in [0.15, 0.2) is 0 Å². The SMILES string of the molecule is c1ccc(N(c2ccc3c(c2)-c2ccccc2C32c3ccccc3-c3c2c(N(c2ccccc2)c2ccccc2)cc2ccccc32)c2ccc3c(c2)c2ccccc2n3-c2ccccc2)cc1. The van der Waals surface area contributed by atoms with Crippen LogP contribution in [0.4, 0.5) is 34.1 Å². The van der Waals surface area contributed by atoms with Gasteiger partial charge in [-0.1, -0.05) is 170 Å². The van der Waals surface area contributed by atoms with Gasteiger partial charge in [0.2, 0.25) is 0 Å². The molecule has 1 unspecified atom stereocenters. The van der Waals surface area contributed by atoms with E-state index in [0.717, 1.165) is 34.1 Å². The Morgan fingerprint density at radius 2 is 0.809 bits per heavy atom. The molecule has 0 saturated carbocycles. The monoisotopic (exact) mass is 865 g/mol. The second-order valence-corrected chi connectivity index (χ2v) is 18.0. The third-order valence-electron chi connectivity index (χ3n) is 14.5. The van der Waals surface area contributed by atoms with E-state index >= 15 is 0 Å². The molecule has 2 aliphatic rings. The summed E-state index contributed by atoms with van der Waals surface area (Å²) in [5, 5.41) is 4.93. The van der Waals surface area contributed by atoms with Crippen LogP contribution in [0.15, 0.2) is 261 Å². The highest BCUT2D eigenvalue weighted by molar-refractivity contribution is 6.12. The second kappa shape index (κ2) is 15.1. The largest absolute Gasteiger partial charge is 0.310 e. The Morgan fingerprint density at radius 1 is 0.309 bits per heavy atom. The minimum atomic E-state index is -0.618. The average molecular weight is 866 g/mol. The van der Waals surface area contributed by atoms with Crippen molar-refractivity contribution in [3.63, 3.8) is 0 Å². The fraction of sp³-hybridized carbons (Fsp3) is 0.0154. The van der Waals surface area contributed by atoms with Crippen molar-refractivity contribution in [1.29, 1.82) is 0 Å². The molecular weight excluding hydrogens is 823 g/mol. The molecule has 0 saturated heterocycles. The zero-order valence-corrected chi connectivity index (χ0v) is 37.2. The van der Waals surface area contributed by atoms with Crippen molar-refractivity contribution in [3.05, 3.63) is 283 Å². The molecule has 0 radical (unpaired) electrons. The first-order valence-electron chi connectivity index (χ1n) is 23.5. The fourth-order valence-electron chi connectivity index (χ4n) is 11.9. The number of nitrogens with zero attached hydrogens (tertiary/aromatic N) is 3. The summed E-state index contributed by atoms with van der Waals surface area (Å²) in [6.07, 6.45) is 0. The third kappa shape index (κ3) is 5.47. The summed E-state index contributed by atoms with van der Waals surface area (Å²) in [6.45, 7) is 0. The summed E-state index contributed by atoms with van der Waals surface area (Å²) in [6, 6.07) is 96.1. The van der Waals surface area contributed by atoms with Crippen LogP contribution < -0.4 is 9.80 Å². The molecule has 1 aromatic heterocycles. The van der Waals surface area contributed by atoms with Crippen LogP contribution in [0.5, 0.6) is 0 Å². The molecule has 0 N–H and O–H groups in total. The van der Waals surface area contributed by atoms with Gasteiger partial charge in [0.25, 0.3) is 0 Å². The maximum atomic E-state index is 2.48. The number of hydrogen-bond donors (Lipinski definition) is 0. The van der Waals surface area contributed by atoms with E-state index in [-0.39, 0.29) is 0 Å². The quantitative estimate of drug-likeness (QED) is 0.158. The summed E-state index contributed by atoms with van der Waals surface area (Å²) in [5.74, 6) is 0. The van der Waals surface area contributed by atoms with E-state index in [1.807, 2.05) is 0 Å². The van der Waals surface area contributed by atoms with Crippen LogP contribution in [0.2, 0.25) is 0 Å². The molecule has 12 aromatic rings. The summed E-state index contributed by atoms with van der Waals surface area (Å²) in [7, 11) is 0. The van der Waals surface area contributed by atoms with Crippen molar-refractivity contribution in [2.75, 3.05) is 9.80 Å². The molecule has 3 heteroatoms. The lowest BCUT2D eigenvalue weighted by Crippen LogP contribution is -2.28. The van der Waals surface area contributed by atoms with Gasteiger partial charge in [0.1, 0.15) is 0 Å². The molecule has 0 bridgehead atoms. The average Bonchev–Trinajstić information content (AvgIpc) is 4.02. The van der Waals surface area contributed by atoms with Crippen molar-refractivity contribution in [3.8, 4) is 27.9 Å².